The van der Waals surface area contributed by atoms with E-state index in [-0.39, 0.29) is 30.2 Å². The third-order valence-corrected chi connectivity index (χ3v) is 5.33. The number of halogens is 1. The minimum atomic E-state index is -3.91. The van der Waals surface area contributed by atoms with E-state index in [0.29, 0.717) is 6.42 Å². The van der Waals surface area contributed by atoms with Crippen LogP contribution in [0.3, 0.4) is 0 Å². The van der Waals surface area contributed by atoms with Gasteiger partial charge in [0, 0.05) is 13.1 Å². The largest absolute Gasteiger partial charge is 0.373 e. The Hall–Kier alpha value is -1.49. The molecule has 21 heavy (non-hydrogen) atoms. The van der Waals surface area contributed by atoms with Crippen molar-refractivity contribution < 1.29 is 17.5 Å². The predicted octanol–water partition coefficient (Wildman–Crippen LogP) is 1.89. The zero-order valence-corrected chi connectivity index (χ0v) is 12.7. The van der Waals surface area contributed by atoms with Gasteiger partial charge in [0.1, 0.15) is 22.3 Å². The summed E-state index contributed by atoms with van der Waals surface area (Å²) >= 11 is 0. The Morgan fingerprint density at radius 3 is 2.81 bits per heavy atom. The molecule has 1 aromatic carbocycles. The summed E-state index contributed by atoms with van der Waals surface area (Å²) in [7, 11) is -3.91. The first-order chi connectivity index (χ1) is 9.90. The number of hydrogen-bond donors (Lipinski definition) is 0. The number of ether oxygens (including phenoxy) is 1. The summed E-state index contributed by atoms with van der Waals surface area (Å²) in [6.07, 6.45) is 0.255. The van der Waals surface area contributed by atoms with Crippen LogP contribution in [0, 0.1) is 17.1 Å². The van der Waals surface area contributed by atoms with Crippen LogP contribution in [0.15, 0.2) is 23.1 Å². The van der Waals surface area contributed by atoms with Crippen LogP contribution < -0.4 is 0 Å². The molecule has 0 radical (unpaired) electrons. The number of sulfonamides is 1. The zero-order chi connectivity index (χ0) is 15.6. The van der Waals surface area contributed by atoms with Gasteiger partial charge in [-0.25, -0.2) is 12.8 Å². The van der Waals surface area contributed by atoms with E-state index in [2.05, 4.69) is 0 Å². The van der Waals surface area contributed by atoms with Crippen molar-refractivity contribution in [2.75, 3.05) is 13.1 Å². The third kappa shape index (κ3) is 3.07. The van der Waals surface area contributed by atoms with E-state index >= 15 is 0 Å². The maximum absolute atomic E-state index is 13.6. The Morgan fingerprint density at radius 2 is 2.19 bits per heavy atom. The average Bonchev–Trinajstić information content (AvgIpc) is 2.46. The first-order valence-corrected chi connectivity index (χ1v) is 8.18. The molecule has 5 nitrogen and oxygen atoms in total. The van der Waals surface area contributed by atoms with Gasteiger partial charge in [0.25, 0.3) is 0 Å². The molecule has 0 unspecified atom stereocenters. The third-order valence-electron chi connectivity index (χ3n) is 3.45. The molecule has 0 bridgehead atoms. The van der Waals surface area contributed by atoms with Crippen molar-refractivity contribution in [1.29, 1.82) is 5.26 Å². The Bertz CT molecular complexity index is 669. The SMILES string of the molecule is CC[C@@H]1CN(S(=O)(=O)c2cccc(F)c2C#N)C[C@H](C)O1. The van der Waals surface area contributed by atoms with E-state index in [0.717, 1.165) is 6.07 Å². The second kappa shape index (κ2) is 6.10. The lowest BCUT2D eigenvalue weighted by atomic mass is 10.2. The molecule has 0 aliphatic carbocycles. The van der Waals surface area contributed by atoms with Crippen molar-refractivity contribution in [1.82, 2.24) is 4.31 Å². The summed E-state index contributed by atoms with van der Waals surface area (Å²) < 4.78 is 45.9. The normalized spacial score (nSPS) is 23.7. The molecule has 0 amide bonds. The summed E-state index contributed by atoms with van der Waals surface area (Å²) in [5, 5.41) is 9.01. The number of benzene rings is 1. The van der Waals surface area contributed by atoms with Gasteiger partial charge in [-0.2, -0.15) is 9.57 Å². The Labute approximate surface area is 124 Å². The van der Waals surface area contributed by atoms with E-state index < -0.39 is 21.4 Å². The number of nitriles is 1. The van der Waals surface area contributed by atoms with Crippen molar-refractivity contribution in [3.8, 4) is 6.07 Å². The highest BCUT2D eigenvalue weighted by Crippen LogP contribution is 2.25. The molecule has 2 atom stereocenters. The first kappa shape index (κ1) is 15.9. The fourth-order valence-corrected chi connectivity index (χ4v) is 4.09. The van der Waals surface area contributed by atoms with Crippen molar-refractivity contribution in [3.05, 3.63) is 29.6 Å². The molecule has 0 aromatic heterocycles. The minimum absolute atomic E-state index is 0.192. The summed E-state index contributed by atoms with van der Waals surface area (Å²) in [4.78, 5) is -0.283. The van der Waals surface area contributed by atoms with Crippen LogP contribution in [-0.2, 0) is 14.8 Å². The van der Waals surface area contributed by atoms with Gasteiger partial charge < -0.3 is 4.74 Å². The average molecular weight is 312 g/mol. The van der Waals surface area contributed by atoms with Crippen molar-refractivity contribution in [3.63, 3.8) is 0 Å². The van der Waals surface area contributed by atoms with Crippen LogP contribution in [0.5, 0.6) is 0 Å². The topological polar surface area (TPSA) is 70.4 Å². The number of rotatable bonds is 3. The van der Waals surface area contributed by atoms with Crippen LogP contribution in [0.4, 0.5) is 4.39 Å². The fourth-order valence-electron chi connectivity index (χ4n) is 2.39. The minimum Gasteiger partial charge on any atom is -0.373 e. The standard InChI is InChI=1S/C14H17FN2O3S/c1-3-11-9-17(8-10(2)20-11)21(18,19)14-6-4-5-13(15)12(14)7-16/h4-6,10-11H,3,8-9H2,1-2H3/t10-,11+/m0/s1. The van der Waals surface area contributed by atoms with E-state index in [4.69, 9.17) is 10.00 Å². The Balaban J connectivity index is 2.43. The highest BCUT2D eigenvalue weighted by Gasteiger charge is 2.35. The van der Waals surface area contributed by atoms with Gasteiger partial charge in [-0.3, -0.25) is 0 Å². The first-order valence-electron chi connectivity index (χ1n) is 6.74. The van der Waals surface area contributed by atoms with Crippen molar-refractivity contribution >= 4 is 10.0 Å². The zero-order valence-electron chi connectivity index (χ0n) is 11.9. The van der Waals surface area contributed by atoms with Gasteiger partial charge >= 0.3 is 0 Å². The van der Waals surface area contributed by atoms with Crippen LogP contribution in [-0.4, -0.2) is 38.0 Å². The number of hydrogen-bond acceptors (Lipinski definition) is 4. The van der Waals surface area contributed by atoms with Gasteiger partial charge in [0.15, 0.2) is 0 Å². The number of morpholine rings is 1. The molecule has 1 aromatic rings. The van der Waals surface area contributed by atoms with E-state index in [1.54, 1.807) is 13.0 Å². The molecule has 0 saturated carbocycles. The van der Waals surface area contributed by atoms with Crippen LogP contribution in [0.25, 0.3) is 0 Å². The summed E-state index contributed by atoms with van der Waals surface area (Å²) in [6.45, 7) is 4.11. The fraction of sp³-hybridized carbons (Fsp3) is 0.500. The molecular weight excluding hydrogens is 295 g/mol. The van der Waals surface area contributed by atoms with Crippen LogP contribution in [0.2, 0.25) is 0 Å². The van der Waals surface area contributed by atoms with Crippen LogP contribution >= 0.6 is 0 Å². The molecule has 1 heterocycles. The monoisotopic (exact) mass is 312 g/mol. The molecule has 7 heteroatoms. The van der Waals surface area contributed by atoms with Gasteiger partial charge in [0.2, 0.25) is 10.0 Å². The van der Waals surface area contributed by atoms with Crippen molar-refractivity contribution in [2.24, 2.45) is 0 Å². The molecule has 114 valence electrons. The van der Waals surface area contributed by atoms with Gasteiger partial charge in [-0.15, -0.1) is 0 Å². The molecule has 1 saturated heterocycles. The molecule has 0 N–H and O–H groups in total. The molecule has 2 rings (SSSR count). The molecular formula is C14H17FN2O3S. The van der Waals surface area contributed by atoms with Gasteiger partial charge in [0.05, 0.1) is 12.2 Å². The lowest BCUT2D eigenvalue weighted by molar-refractivity contribution is -0.0548. The smallest absolute Gasteiger partial charge is 0.244 e. The summed E-state index contributed by atoms with van der Waals surface area (Å²) in [5.74, 6) is -0.827. The lowest BCUT2D eigenvalue weighted by Gasteiger charge is -2.35. The van der Waals surface area contributed by atoms with Gasteiger partial charge in [-0.05, 0) is 25.5 Å². The highest BCUT2D eigenvalue weighted by molar-refractivity contribution is 7.89. The summed E-state index contributed by atoms with van der Waals surface area (Å²) in [6, 6.07) is 5.27. The van der Waals surface area contributed by atoms with Crippen molar-refractivity contribution in [2.45, 2.75) is 37.4 Å². The van der Waals surface area contributed by atoms with Crippen LogP contribution in [0.1, 0.15) is 25.8 Å². The molecule has 1 aliphatic heterocycles. The Morgan fingerprint density at radius 1 is 1.48 bits per heavy atom. The van der Waals surface area contributed by atoms with Gasteiger partial charge in [-0.1, -0.05) is 13.0 Å². The molecule has 0 spiro atoms. The second-order valence-corrected chi connectivity index (χ2v) is 6.93. The highest BCUT2D eigenvalue weighted by atomic mass is 32.2. The second-order valence-electron chi connectivity index (χ2n) is 5.02. The lowest BCUT2D eigenvalue weighted by Crippen LogP contribution is -2.49. The van der Waals surface area contributed by atoms with E-state index in [1.807, 2.05) is 6.92 Å². The molecule has 1 aliphatic rings. The maximum atomic E-state index is 13.6. The Kier molecular flexibility index (Phi) is 4.61. The quantitative estimate of drug-likeness (QED) is 0.854. The number of nitrogens with zero attached hydrogens (tertiary/aromatic N) is 2. The predicted molar refractivity (Wildman–Crippen MR) is 74.5 cm³/mol. The maximum Gasteiger partial charge on any atom is 0.244 e. The molecule has 1 fully saturated rings. The van der Waals surface area contributed by atoms with E-state index in [1.165, 1.54) is 16.4 Å². The van der Waals surface area contributed by atoms with E-state index in [9.17, 15) is 12.8 Å². The summed E-state index contributed by atoms with van der Waals surface area (Å²) in [5.41, 5.74) is -0.440.